The highest BCUT2D eigenvalue weighted by molar-refractivity contribution is 5.53. The van der Waals surface area contributed by atoms with E-state index in [1.54, 1.807) is 14.2 Å². The molecule has 0 amide bonds. The fraction of sp³-hybridized carbons (Fsp3) is 0.467. The Labute approximate surface area is 109 Å². The maximum absolute atomic E-state index is 10.3. The number of methoxy groups -OCH3 is 2. The monoisotopic (exact) mass is 250 g/mol. The van der Waals surface area contributed by atoms with Crippen molar-refractivity contribution in [2.45, 2.75) is 26.2 Å². The first-order valence-electron chi connectivity index (χ1n) is 6.07. The molecule has 1 rings (SSSR count). The van der Waals surface area contributed by atoms with Gasteiger partial charge in [-0.1, -0.05) is 43.3 Å². The lowest BCUT2D eigenvalue weighted by atomic mass is 9.96. The summed E-state index contributed by atoms with van der Waals surface area (Å²) < 4.78 is 10.3. The van der Waals surface area contributed by atoms with E-state index in [4.69, 9.17) is 9.47 Å². The second-order valence-electron chi connectivity index (χ2n) is 4.44. The minimum atomic E-state index is -0.588. The van der Waals surface area contributed by atoms with Gasteiger partial charge in [-0.2, -0.15) is 0 Å². The van der Waals surface area contributed by atoms with Crippen LogP contribution in [0.4, 0.5) is 0 Å². The standard InChI is InChI=1S/C15H22O3/c1-11(10-13-8-6-5-7-9-13)14(16)12(2)15(17-3)18-4/h5-10,12,14-16H,1-4H3/b11-10+/t12-,14-/m1/s1. The number of benzene rings is 1. The molecule has 0 aliphatic carbocycles. The summed E-state index contributed by atoms with van der Waals surface area (Å²) in [4.78, 5) is 0. The highest BCUT2D eigenvalue weighted by Gasteiger charge is 2.24. The van der Waals surface area contributed by atoms with Gasteiger partial charge in [0.1, 0.15) is 0 Å². The Hall–Kier alpha value is -1.16. The third kappa shape index (κ3) is 3.95. The van der Waals surface area contributed by atoms with Crippen molar-refractivity contribution in [3.63, 3.8) is 0 Å². The largest absolute Gasteiger partial charge is 0.388 e. The minimum absolute atomic E-state index is 0.125. The van der Waals surface area contributed by atoms with Crippen molar-refractivity contribution in [2.75, 3.05) is 14.2 Å². The molecular weight excluding hydrogens is 228 g/mol. The molecule has 3 nitrogen and oxygen atoms in total. The first-order valence-corrected chi connectivity index (χ1v) is 6.07. The zero-order chi connectivity index (χ0) is 13.5. The lowest BCUT2D eigenvalue weighted by Gasteiger charge is -2.26. The average molecular weight is 250 g/mol. The molecule has 0 aromatic heterocycles. The number of ether oxygens (including phenoxy) is 2. The van der Waals surface area contributed by atoms with E-state index < -0.39 is 12.4 Å². The number of hydrogen-bond acceptors (Lipinski definition) is 3. The second-order valence-corrected chi connectivity index (χ2v) is 4.44. The Morgan fingerprint density at radius 2 is 1.72 bits per heavy atom. The average Bonchev–Trinajstić information content (AvgIpc) is 2.40. The molecule has 18 heavy (non-hydrogen) atoms. The maximum Gasteiger partial charge on any atom is 0.162 e. The zero-order valence-corrected chi connectivity index (χ0v) is 11.5. The van der Waals surface area contributed by atoms with E-state index in [-0.39, 0.29) is 5.92 Å². The van der Waals surface area contributed by atoms with E-state index in [1.807, 2.05) is 50.3 Å². The highest BCUT2D eigenvalue weighted by Crippen LogP contribution is 2.20. The van der Waals surface area contributed by atoms with Gasteiger partial charge in [-0.3, -0.25) is 0 Å². The summed E-state index contributed by atoms with van der Waals surface area (Å²) in [6, 6.07) is 9.93. The molecule has 0 saturated carbocycles. The van der Waals surface area contributed by atoms with E-state index in [0.717, 1.165) is 11.1 Å². The van der Waals surface area contributed by atoms with E-state index in [0.29, 0.717) is 0 Å². The zero-order valence-electron chi connectivity index (χ0n) is 11.5. The van der Waals surface area contributed by atoms with Gasteiger partial charge in [0.05, 0.1) is 6.10 Å². The van der Waals surface area contributed by atoms with Crippen LogP contribution in [0, 0.1) is 5.92 Å². The summed E-state index contributed by atoms with van der Waals surface area (Å²) in [5, 5.41) is 10.3. The molecule has 3 heteroatoms. The Morgan fingerprint density at radius 3 is 2.22 bits per heavy atom. The van der Waals surface area contributed by atoms with Crippen LogP contribution >= 0.6 is 0 Å². The first kappa shape index (κ1) is 14.9. The van der Waals surface area contributed by atoms with Gasteiger partial charge < -0.3 is 14.6 Å². The fourth-order valence-corrected chi connectivity index (χ4v) is 1.99. The van der Waals surface area contributed by atoms with Crippen LogP contribution in [-0.2, 0) is 9.47 Å². The molecule has 0 fully saturated rings. The molecular formula is C15H22O3. The molecule has 0 bridgehead atoms. The summed E-state index contributed by atoms with van der Waals surface area (Å²) in [7, 11) is 3.15. The number of hydrogen-bond donors (Lipinski definition) is 1. The molecule has 0 aliphatic heterocycles. The summed E-state index contributed by atoms with van der Waals surface area (Å²) in [5.41, 5.74) is 1.97. The molecule has 100 valence electrons. The Morgan fingerprint density at radius 1 is 1.17 bits per heavy atom. The molecule has 0 radical (unpaired) electrons. The van der Waals surface area contributed by atoms with Crippen LogP contribution in [0.1, 0.15) is 19.4 Å². The van der Waals surface area contributed by atoms with Crippen molar-refractivity contribution in [2.24, 2.45) is 5.92 Å². The van der Waals surface area contributed by atoms with Crippen molar-refractivity contribution in [1.82, 2.24) is 0 Å². The van der Waals surface area contributed by atoms with E-state index >= 15 is 0 Å². The number of aliphatic hydroxyl groups is 1. The normalized spacial score (nSPS) is 15.8. The van der Waals surface area contributed by atoms with Gasteiger partial charge in [-0.25, -0.2) is 0 Å². The van der Waals surface area contributed by atoms with E-state index in [9.17, 15) is 5.11 Å². The molecule has 0 saturated heterocycles. The van der Waals surface area contributed by atoms with Crippen LogP contribution in [0.3, 0.4) is 0 Å². The summed E-state index contributed by atoms with van der Waals surface area (Å²) in [6.07, 6.45) is 0.984. The fourth-order valence-electron chi connectivity index (χ4n) is 1.99. The van der Waals surface area contributed by atoms with E-state index in [1.165, 1.54) is 0 Å². The van der Waals surface area contributed by atoms with Gasteiger partial charge in [-0.05, 0) is 18.1 Å². The predicted molar refractivity (Wildman–Crippen MR) is 73.1 cm³/mol. The van der Waals surface area contributed by atoms with Crippen LogP contribution < -0.4 is 0 Å². The number of aliphatic hydroxyl groups excluding tert-OH is 1. The third-order valence-corrected chi connectivity index (χ3v) is 3.05. The van der Waals surface area contributed by atoms with Crippen molar-refractivity contribution in [3.8, 4) is 0 Å². The summed E-state index contributed by atoms with van der Waals surface area (Å²) >= 11 is 0. The quantitative estimate of drug-likeness (QED) is 0.789. The molecule has 0 spiro atoms. The van der Waals surface area contributed by atoms with Gasteiger partial charge in [-0.15, -0.1) is 0 Å². The smallest absolute Gasteiger partial charge is 0.162 e. The lowest BCUT2D eigenvalue weighted by Crippen LogP contribution is -2.32. The molecule has 2 atom stereocenters. The van der Waals surface area contributed by atoms with Gasteiger partial charge in [0.15, 0.2) is 6.29 Å². The second kappa shape index (κ2) is 7.31. The van der Waals surface area contributed by atoms with Crippen molar-refractivity contribution in [1.29, 1.82) is 0 Å². The lowest BCUT2D eigenvalue weighted by molar-refractivity contribution is -0.151. The SMILES string of the molecule is COC(OC)[C@H](C)[C@H](O)/C(C)=C/c1ccccc1. The van der Waals surface area contributed by atoms with Gasteiger partial charge in [0.2, 0.25) is 0 Å². The highest BCUT2D eigenvalue weighted by atomic mass is 16.7. The Bertz CT molecular complexity index is 369. The minimum Gasteiger partial charge on any atom is -0.388 e. The topological polar surface area (TPSA) is 38.7 Å². The van der Waals surface area contributed by atoms with Crippen LogP contribution in [0.25, 0.3) is 6.08 Å². The predicted octanol–water partition coefficient (Wildman–Crippen LogP) is 2.71. The Balaban J connectivity index is 2.77. The van der Waals surface area contributed by atoms with E-state index in [2.05, 4.69) is 0 Å². The number of rotatable bonds is 6. The van der Waals surface area contributed by atoms with Gasteiger partial charge in [0.25, 0.3) is 0 Å². The van der Waals surface area contributed by atoms with Crippen molar-refractivity contribution >= 4 is 6.08 Å². The van der Waals surface area contributed by atoms with Crippen LogP contribution in [0.5, 0.6) is 0 Å². The molecule has 1 aromatic carbocycles. The van der Waals surface area contributed by atoms with Crippen molar-refractivity contribution in [3.05, 3.63) is 41.5 Å². The maximum atomic E-state index is 10.3. The molecule has 0 unspecified atom stereocenters. The molecule has 1 N–H and O–H groups in total. The Kier molecular flexibility index (Phi) is 6.05. The summed E-state index contributed by atoms with van der Waals surface area (Å²) in [5.74, 6) is -0.125. The molecule has 1 aromatic rings. The van der Waals surface area contributed by atoms with Crippen LogP contribution in [-0.4, -0.2) is 31.7 Å². The van der Waals surface area contributed by atoms with Gasteiger partial charge >= 0.3 is 0 Å². The van der Waals surface area contributed by atoms with Crippen LogP contribution in [0.2, 0.25) is 0 Å². The van der Waals surface area contributed by atoms with Crippen molar-refractivity contribution < 1.29 is 14.6 Å². The molecule has 0 heterocycles. The molecule has 0 aliphatic rings. The summed E-state index contributed by atoms with van der Waals surface area (Å²) in [6.45, 7) is 3.82. The van der Waals surface area contributed by atoms with Gasteiger partial charge in [0, 0.05) is 20.1 Å². The third-order valence-electron chi connectivity index (χ3n) is 3.05. The first-order chi connectivity index (χ1) is 8.60. The van der Waals surface area contributed by atoms with Crippen LogP contribution in [0.15, 0.2) is 35.9 Å².